The third-order valence-electron chi connectivity index (χ3n) is 3.24. The summed E-state index contributed by atoms with van der Waals surface area (Å²) in [4.78, 5) is 18.5. The Morgan fingerprint density at radius 1 is 1.21 bits per heavy atom. The van der Waals surface area contributed by atoms with Crippen LogP contribution in [0.4, 0.5) is 10.1 Å². The number of benzene rings is 1. The molecule has 0 fully saturated rings. The van der Waals surface area contributed by atoms with E-state index in [1.165, 1.54) is 21.9 Å². The number of carbonyl (C=O) groups excluding carboxylic acids is 1. The van der Waals surface area contributed by atoms with E-state index in [1.54, 1.807) is 30.5 Å². The van der Waals surface area contributed by atoms with E-state index in [2.05, 4.69) is 40.0 Å². The summed E-state index contributed by atoms with van der Waals surface area (Å²) in [5.41, 5.74) is 0.426. The smallest absolute Gasteiger partial charge is 0.243 e. The molecule has 0 aliphatic rings. The third kappa shape index (κ3) is 5.66. The molecule has 3 N–H and O–H groups in total. The van der Waals surface area contributed by atoms with E-state index in [0.717, 1.165) is 6.42 Å². The topological polar surface area (TPSA) is 65.5 Å². The van der Waals surface area contributed by atoms with Crippen LogP contribution >= 0.6 is 11.3 Å². The zero-order valence-electron chi connectivity index (χ0n) is 13.7. The minimum absolute atomic E-state index is 0.0425. The lowest BCUT2D eigenvalue weighted by molar-refractivity contribution is -0.115. The maximum absolute atomic E-state index is 13.1. The van der Waals surface area contributed by atoms with Crippen molar-refractivity contribution < 1.29 is 9.18 Å². The number of halogens is 1. The SMILES string of the molecule is CCc1ccc(CNC(=NC)NCC(=O)Nc2cccc(F)c2)s1. The maximum atomic E-state index is 13.1. The Balaban J connectivity index is 1.77. The van der Waals surface area contributed by atoms with Crippen molar-refractivity contribution in [3.8, 4) is 0 Å². The number of aliphatic imine (C=N–C) groups is 1. The van der Waals surface area contributed by atoms with E-state index in [-0.39, 0.29) is 18.3 Å². The first-order valence-electron chi connectivity index (χ1n) is 7.68. The minimum Gasteiger partial charge on any atom is -0.352 e. The molecule has 5 nitrogen and oxygen atoms in total. The lowest BCUT2D eigenvalue weighted by Crippen LogP contribution is -2.40. The highest BCUT2D eigenvalue weighted by Gasteiger charge is 2.06. The summed E-state index contributed by atoms with van der Waals surface area (Å²) in [6.45, 7) is 2.82. The van der Waals surface area contributed by atoms with E-state index in [1.807, 2.05) is 0 Å². The lowest BCUT2D eigenvalue weighted by atomic mass is 10.3. The van der Waals surface area contributed by atoms with E-state index >= 15 is 0 Å². The van der Waals surface area contributed by atoms with Crippen LogP contribution in [0.2, 0.25) is 0 Å². The second-order valence-corrected chi connectivity index (χ2v) is 6.31. The van der Waals surface area contributed by atoms with Gasteiger partial charge < -0.3 is 16.0 Å². The number of hydrogen-bond acceptors (Lipinski definition) is 3. The number of aryl methyl sites for hydroxylation is 1. The average molecular weight is 348 g/mol. The molecule has 2 rings (SSSR count). The Hall–Kier alpha value is -2.41. The van der Waals surface area contributed by atoms with Crippen molar-refractivity contribution in [2.75, 3.05) is 18.9 Å². The van der Waals surface area contributed by atoms with Crippen LogP contribution in [-0.2, 0) is 17.8 Å². The quantitative estimate of drug-likeness (QED) is 0.555. The van der Waals surface area contributed by atoms with Crippen molar-refractivity contribution in [2.24, 2.45) is 4.99 Å². The van der Waals surface area contributed by atoms with E-state index in [0.29, 0.717) is 18.2 Å². The summed E-state index contributed by atoms with van der Waals surface area (Å²) in [7, 11) is 1.64. The van der Waals surface area contributed by atoms with Crippen molar-refractivity contribution in [3.63, 3.8) is 0 Å². The molecule has 0 saturated carbocycles. The molecule has 1 heterocycles. The van der Waals surface area contributed by atoms with Gasteiger partial charge in [-0.3, -0.25) is 9.79 Å². The summed E-state index contributed by atoms with van der Waals surface area (Å²) in [5, 5.41) is 8.72. The summed E-state index contributed by atoms with van der Waals surface area (Å²) in [6.07, 6.45) is 1.03. The molecule has 0 aliphatic heterocycles. The molecule has 2 aromatic rings. The first kappa shape index (κ1) is 17.9. The van der Waals surface area contributed by atoms with E-state index < -0.39 is 0 Å². The Labute approximate surface area is 145 Å². The van der Waals surface area contributed by atoms with Crippen LogP contribution in [0.1, 0.15) is 16.7 Å². The molecule has 0 spiro atoms. The van der Waals surface area contributed by atoms with Gasteiger partial charge in [-0.25, -0.2) is 4.39 Å². The van der Waals surface area contributed by atoms with Gasteiger partial charge in [0.25, 0.3) is 0 Å². The predicted molar refractivity (Wildman–Crippen MR) is 96.9 cm³/mol. The van der Waals surface area contributed by atoms with Gasteiger partial charge in [0.2, 0.25) is 5.91 Å². The largest absolute Gasteiger partial charge is 0.352 e. The van der Waals surface area contributed by atoms with Crippen LogP contribution < -0.4 is 16.0 Å². The summed E-state index contributed by atoms with van der Waals surface area (Å²) >= 11 is 1.75. The maximum Gasteiger partial charge on any atom is 0.243 e. The number of hydrogen-bond donors (Lipinski definition) is 3. The highest BCUT2D eigenvalue weighted by Crippen LogP contribution is 2.16. The van der Waals surface area contributed by atoms with Crippen molar-refractivity contribution >= 4 is 28.9 Å². The number of amides is 1. The number of anilines is 1. The normalized spacial score (nSPS) is 11.2. The number of thiophene rings is 1. The molecule has 24 heavy (non-hydrogen) atoms. The standard InChI is InChI=1S/C17H21FN4OS/c1-3-14-7-8-15(24-14)10-20-17(19-2)21-11-16(23)22-13-6-4-5-12(18)9-13/h4-9H,3,10-11H2,1-2H3,(H,22,23)(H2,19,20,21). The van der Waals surface area contributed by atoms with Crippen molar-refractivity contribution in [1.29, 1.82) is 0 Å². The van der Waals surface area contributed by atoms with Crippen LogP contribution in [-0.4, -0.2) is 25.5 Å². The van der Waals surface area contributed by atoms with Gasteiger partial charge >= 0.3 is 0 Å². The molecule has 128 valence electrons. The number of carbonyl (C=O) groups is 1. The molecular weight excluding hydrogens is 327 g/mol. The van der Waals surface area contributed by atoms with Crippen molar-refractivity contribution in [2.45, 2.75) is 19.9 Å². The number of nitrogens with zero attached hydrogens (tertiary/aromatic N) is 1. The van der Waals surface area contributed by atoms with Gasteiger partial charge in [0, 0.05) is 22.5 Å². The Bertz CT molecular complexity index is 714. The fourth-order valence-electron chi connectivity index (χ4n) is 2.03. The molecule has 1 aromatic heterocycles. The van der Waals surface area contributed by atoms with Crippen LogP contribution in [0.3, 0.4) is 0 Å². The summed E-state index contributed by atoms with van der Waals surface area (Å²) in [5.74, 6) is -0.121. The zero-order valence-corrected chi connectivity index (χ0v) is 14.5. The van der Waals surface area contributed by atoms with Gasteiger partial charge in [-0.1, -0.05) is 13.0 Å². The van der Waals surface area contributed by atoms with Crippen LogP contribution in [0.5, 0.6) is 0 Å². The molecule has 1 aromatic carbocycles. The first-order chi connectivity index (χ1) is 11.6. The molecule has 0 radical (unpaired) electrons. The van der Waals surface area contributed by atoms with Gasteiger partial charge in [0.15, 0.2) is 5.96 Å². The van der Waals surface area contributed by atoms with Gasteiger partial charge in [0.05, 0.1) is 13.1 Å². The highest BCUT2D eigenvalue weighted by molar-refractivity contribution is 7.11. The lowest BCUT2D eigenvalue weighted by Gasteiger charge is -2.11. The highest BCUT2D eigenvalue weighted by atomic mass is 32.1. The molecule has 0 aliphatic carbocycles. The van der Waals surface area contributed by atoms with Crippen LogP contribution in [0.15, 0.2) is 41.4 Å². The Morgan fingerprint density at radius 3 is 2.67 bits per heavy atom. The Morgan fingerprint density at radius 2 is 2.00 bits per heavy atom. The van der Waals surface area contributed by atoms with E-state index in [4.69, 9.17) is 0 Å². The molecular formula is C17H21FN4OS. The summed E-state index contributed by atoms with van der Waals surface area (Å²) in [6, 6.07) is 9.98. The average Bonchev–Trinajstić information content (AvgIpc) is 3.03. The number of guanidine groups is 1. The number of nitrogens with one attached hydrogen (secondary N) is 3. The van der Waals surface area contributed by atoms with Crippen molar-refractivity contribution in [1.82, 2.24) is 10.6 Å². The van der Waals surface area contributed by atoms with Crippen LogP contribution in [0.25, 0.3) is 0 Å². The van der Waals surface area contributed by atoms with Gasteiger partial charge in [-0.05, 0) is 36.8 Å². The summed E-state index contributed by atoms with van der Waals surface area (Å²) < 4.78 is 13.1. The van der Waals surface area contributed by atoms with Gasteiger partial charge in [-0.2, -0.15) is 0 Å². The molecule has 0 unspecified atom stereocenters. The first-order valence-corrected chi connectivity index (χ1v) is 8.50. The van der Waals surface area contributed by atoms with Gasteiger partial charge in [0.1, 0.15) is 5.82 Å². The zero-order chi connectivity index (χ0) is 17.4. The molecule has 0 bridgehead atoms. The number of rotatable bonds is 6. The second kappa shape index (κ2) is 9.02. The van der Waals surface area contributed by atoms with E-state index in [9.17, 15) is 9.18 Å². The third-order valence-corrected chi connectivity index (χ3v) is 4.47. The predicted octanol–water partition coefficient (Wildman–Crippen LogP) is 2.75. The molecule has 7 heteroatoms. The van der Waals surface area contributed by atoms with Crippen molar-refractivity contribution in [3.05, 3.63) is 52.0 Å². The van der Waals surface area contributed by atoms with Crippen LogP contribution in [0, 0.1) is 5.82 Å². The second-order valence-electron chi connectivity index (χ2n) is 5.06. The molecule has 0 atom stereocenters. The molecule has 1 amide bonds. The van der Waals surface area contributed by atoms with Gasteiger partial charge in [-0.15, -0.1) is 11.3 Å². The fourth-order valence-corrected chi connectivity index (χ4v) is 2.93. The molecule has 0 saturated heterocycles. The monoisotopic (exact) mass is 348 g/mol. The fraction of sp³-hybridized carbons (Fsp3) is 0.294. The Kier molecular flexibility index (Phi) is 6.74. The minimum atomic E-state index is -0.388.